The molecule has 2 nitrogen and oxygen atoms in total. The minimum absolute atomic E-state index is 1.06. The fourth-order valence-corrected chi connectivity index (χ4v) is 8.47. The van der Waals surface area contributed by atoms with Crippen LogP contribution in [0.15, 0.2) is 158 Å². The van der Waals surface area contributed by atoms with Gasteiger partial charge in [-0.05, 0) is 70.4 Å². The number of anilines is 3. The Bertz CT molecular complexity index is 2480. The highest BCUT2D eigenvalue weighted by molar-refractivity contribution is 7.27. The largest absolute Gasteiger partial charge is 0.309 e. The van der Waals surface area contributed by atoms with Crippen LogP contribution in [0.4, 0.5) is 17.1 Å². The highest BCUT2D eigenvalue weighted by Gasteiger charge is 2.19. The molecule has 9 rings (SSSR count). The van der Waals surface area contributed by atoms with Gasteiger partial charge in [0.15, 0.2) is 0 Å². The highest BCUT2D eigenvalue weighted by atomic mass is 32.1. The Labute approximate surface area is 269 Å². The molecule has 0 unspecified atom stereocenters. The third-order valence-electron chi connectivity index (χ3n) is 8.47. The summed E-state index contributed by atoms with van der Waals surface area (Å²) in [5.74, 6) is 0. The molecule has 0 amide bonds. The number of benzene rings is 7. The molecule has 0 N–H and O–H groups in total. The molecule has 0 radical (unpaired) electrons. The lowest BCUT2D eigenvalue weighted by atomic mass is 10.0. The first kappa shape index (κ1) is 26.1. The van der Waals surface area contributed by atoms with Gasteiger partial charge >= 0.3 is 0 Å². The normalized spacial score (nSPS) is 11.6. The molecular weight excluding hydrogens is 585 g/mol. The zero-order valence-corrected chi connectivity index (χ0v) is 25.9. The minimum atomic E-state index is 1.06. The Hall–Kier alpha value is -5.29. The van der Waals surface area contributed by atoms with E-state index in [0.29, 0.717) is 0 Å². The predicted molar refractivity (Wildman–Crippen MR) is 196 cm³/mol. The van der Waals surface area contributed by atoms with Crippen LogP contribution in [0.1, 0.15) is 0 Å². The maximum Gasteiger partial charge on any atom is 0.124 e. The molecule has 0 saturated heterocycles. The van der Waals surface area contributed by atoms with Gasteiger partial charge in [-0.3, -0.25) is 0 Å². The Kier molecular flexibility index (Phi) is 6.22. The first-order chi connectivity index (χ1) is 22.3. The number of fused-ring (bicyclic) bond motifs is 5. The SMILES string of the molecule is c1ccc(-c2ccc(N(c3ccccc3)c3cccc4c3sc3cc5nc(-c6ccc7ccccc7c6)sc5cc34)cc2)cc1. The second kappa shape index (κ2) is 10.7. The van der Waals surface area contributed by atoms with Crippen molar-refractivity contribution in [2.45, 2.75) is 0 Å². The van der Waals surface area contributed by atoms with Gasteiger partial charge in [-0.1, -0.05) is 109 Å². The van der Waals surface area contributed by atoms with E-state index < -0.39 is 0 Å². The van der Waals surface area contributed by atoms with Gasteiger partial charge in [0, 0.05) is 32.4 Å². The van der Waals surface area contributed by atoms with Crippen LogP contribution >= 0.6 is 22.7 Å². The van der Waals surface area contributed by atoms with Crippen molar-refractivity contribution >= 4 is 80.9 Å². The van der Waals surface area contributed by atoms with Crippen LogP contribution in [-0.2, 0) is 0 Å². The zero-order valence-electron chi connectivity index (χ0n) is 24.2. The van der Waals surface area contributed by atoms with E-state index in [2.05, 4.69) is 163 Å². The fourth-order valence-electron chi connectivity index (χ4n) is 6.26. The molecule has 0 saturated carbocycles. The summed E-state index contributed by atoms with van der Waals surface area (Å²) in [6.07, 6.45) is 0. The second-order valence-electron chi connectivity index (χ2n) is 11.2. The van der Waals surface area contributed by atoms with Crippen molar-refractivity contribution in [2.75, 3.05) is 4.90 Å². The fraction of sp³-hybridized carbons (Fsp3) is 0. The van der Waals surface area contributed by atoms with E-state index in [-0.39, 0.29) is 0 Å². The summed E-state index contributed by atoms with van der Waals surface area (Å²) >= 11 is 3.62. The average Bonchev–Trinajstić information content (AvgIpc) is 3.69. The second-order valence-corrected chi connectivity index (χ2v) is 13.3. The first-order valence-corrected chi connectivity index (χ1v) is 16.7. The van der Waals surface area contributed by atoms with Gasteiger partial charge in [-0.25, -0.2) is 4.98 Å². The van der Waals surface area contributed by atoms with Crippen molar-refractivity contribution in [3.8, 4) is 21.7 Å². The summed E-state index contributed by atoms with van der Waals surface area (Å²) in [5, 5.41) is 6.11. The molecule has 0 atom stereocenters. The van der Waals surface area contributed by atoms with Crippen LogP contribution in [0.3, 0.4) is 0 Å². The van der Waals surface area contributed by atoms with E-state index in [1.165, 1.54) is 58.0 Å². The maximum atomic E-state index is 5.11. The molecule has 2 aromatic heterocycles. The van der Waals surface area contributed by atoms with E-state index in [0.717, 1.165) is 21.9 Å². The Morgan fingerprint density at radius 1 is 0.444 bits per heavy atom. The number of hydrogen-bond acceptors (Lipinski definition) is 4. The predicted octanol–water partition coefficient (Wildman–Crippen LogP) is 12.6. The number of nitrogens with zero attached hydrogens (tertiary/aromatic N) is 2. The summed E-state index contributed by atoms with van der Waals surface area (Å²) in [7, 11) is 0. The molecule has 7 aromatic carbocycles. The highest BCUT2D eigenvalue weighted by Crippen LogP contribution is 2.46. The molecule has 0 spiro atoms. The lowest BCUT2D eigenvalue weighted by Crippen LogP contribution is -2.09. The van der Waals surface area contributed by atoms with E-state index in [1.807, 2.05) is 11.3 Å². The molecule has 0 aliphatic rings. The average molecular weight is 611 g/mol. The number of aromatic nitrogens is 1. The van der Waals surface area contributed by atoms with E-state index in [9.17, 15) is 0 Å². The van der Waals surface area contributed by atoms with Gasteiger partial charge in [0.1, 0.15) is 5.01 Å². The molecule has 0 fully saturated rings. The number of thiazole rings is 1. The summed E-state index contributed by atoms with van der Waals surface area (Å²) in [5.41, 5.74) is 8.11. The monoisotopic (exact) mass is 610 g/mol. The minimum Gasteiger partial charge on any atom is -0.309 e. The van der Waals surface area contributed by atoms with Crippen LogP contribution in [-0.4, -0.2) is 4.98 Å². The topological polar surface area (TPSA) is 16.1 Å². The molecule has 212 valence electrons. The van der Waals surface area contributed by atoms with Gasteiger partial charge < -0.3 is 4.90 Å². The Balaban J connectivity index is 1.17. The van der Waals surface area contributed by atoms with Crippen LogP contribution in [0.2, 0.25) is 0 Å². The summed E-state index contributed by atoms with van der Waals surface area (Å²) < 4.78 is 3.75. The van der Waals surface area contributed by atoms with Crippen molar-refractivity contribution in [3.05, 3.63) is 158 Å². The lowest BCUT2D eigenvalue weighted by Gasteiger charge is -2.26. The third kappa shape index (κ3) is 4.58. The van der Waals surface area contributed by atoms with Crippen molar-refractivity contribution in [1.29, 1.82) is 0 Å². The van der Waals surface area contributed by atoms with Gasteiger partial charge in [-0.2, -0.15) is 0 Å². The smallest absolute Gasteiger partial charge is 0.124 e. The van der Waals surface area contributed by atoms with E-state index >= 15 is 0 Å². The Morgan fingerprint density at radius 2 is 1.13 bits per heavy atom. The standard InChI is InChI=1S/C41H26N2S2/c1-3-10-27(11-4-1)29-20-22-33(23-21-29)43(32-14-5-2-6-15-32)37-17-9-16-34-35-25-39-36(26-38(35)44-40(34)37)42-41(45-39)31-19-18-28-12-7-8-13-30(28)24-31/h1-26H. The number of rotatable bonds is 5. The number of thiophene rings is 1. The first-order valence-electron chi connectivity index (χ1n) is 15.0. The maximum absolute atomic E-state index is 5.11. The quantitative estimate of drug-likeness (QED) is 0.193. The van der Waals surface area contributed by atoms with Crippen LogP contribution in [0.25, 0.3) is 62.9 Å². The molecule has 9 aromatic rings. The van der Waals surface area contributed by atoms with Crippen LogP contribution in [0, 0.1) is 0 Å². The molecule has 0 aliphatic heterocycles. The van der Waals surface area contributed by atoms with Gasteiger partial charge in [0.05, 0.1) is 20.6 Å². The van der Waals surface area contributed by atoms with Crippen molar-refractivity contribution in [2.24, 2.45) is 0 Å². The van der Waals surface area contributed by atoms with Crippen molar-refractivity contribution in [3.63, 3.8) is 0 Å². The van der Waals surface area contributed by atoms with Gasteiger partial charge in [0.25, 0.3) is 0 Å². The third-order valence-corrected chi connectivity index (χ3v) is 10.7. The molecule has 0 aliphatic carbocycles. The number of para-hydroxylation sites is 1. The van der Waals surface area contributed by atoms with Crippen LogP contribution in [0.5, 0.6) is 0 Å². The van der Waals surface area contributed by atoms with E-state index in [1.54, 1.807) is 11.3 Å². The number of hydrogen-bond donors (Lipinski definition) is 0. The molecule has 2 heterocycles. The van der Waals surface area contributed by atoms with Gasteiger partial charge in [0.2, 0.25) is 0 Å². The summed E-state index contributed by atoms with van der Waals surface area (Å²) in [6.45, 7) is 0. The van der Waals surface area contributed by atoms with Gasteiger partial charge in [-0.15, -0.1) is 22.7 Å². The lowest BCUT2D eigenvalue weighted by molar-refractivity contribution is 1.30. The molecule has 0 bridgehead atoms. The molecule has 45 heavy (non-hydrogen) atoms. The molecular formula is C41H26N2S2. The zero-order chi connectivity index (χ0) is 29.7. The molecule has 4 heteroatoms. The Morgan fingerprint density at radius 3 is 1.96 bits per heavy atom. The summed E-state index contributed by atoms with van der Waals surface area (Å²) in [6, 6.07) is 56.6. The van der Waals surface area contributed by atoms with Crippen molar-refractivity contribution < 1.29 is 0 Å². The summed E-state index contributed by atoms with van der Waals surface area (Å²) in [4.78, 5) is 7.49. The van der Waals surface area contributed by atoms with Crippen molar-refractivity contribution in [1.82, 2.24) is 4.98 Å². The van der Waals surface area contributed by atoms with Crippen LogP contribution < -0.4 is 4.90 Å². The van der Waals surface area contributed by atoms with E-state index in [4.69, 9.17) is 4.98 Å².